The molecule has 2 amide bonds. The second-order valence-corrected chi connectivity index (χ2v) is 8.01. The molecule has 2 aromatic carbocycles. The Morgan fingerprint density at radius 2 is 2.00 bits per heavy atom. The molecule has 1 aromatic heterocycles. The van der Waals surface area contributed by atoms with Crippen LogP contribution in [0.25, 0.3) is 11.3 Å². The van der Waals surface area contributed by atoms with Crippen molar-refractivity contribution in [3.05, 3.63) is 53.4 Å². The number of nitrogens with one attached hydrogen (secondary N) is 1. The number of anilines is 2. The molecule has 31 heavy (non-hydrogen) atoms. The Labute approximate surface area is 182 Å². The molecule has 0 spiro atoms. The Morgan fingerprint density at radius 1 is 1.13 bits per heavy atom. The van der Waals surface area contributed by atoms with E-state index in [2.05, 4.69) is 15.4 Å². The highest BCUT2D eigenvalue weighted by Gasteiger charge is 2.26. The molecule has 3 aromatic rings. The van der Waals surface area contributed by atoms with Gasteiger partial charge in [-0.1, -0.05) is 12.1 Å². The lowest BCUT2D eigenvalue weighted by atomic mass is 10.1. The molecule has 2 aliphatic rings. The Bertz CT molecular complexity index is 1220. The molecule has 0 radical (unpaired) electrons. The van der Waals surface area contributed by atoms with E-state index in [4.69, 9.17) is 9.47 Å². The first-order valence-corrected chi connectivity index (χ1v) is 10.6. The molecule has 0 saturated carbocycles. The van der Waals surface area contributed by atoms with Crippen LogP contribution in [0.1, 0.15) is 18.4 Å². The van der Waals surface area contributed by atoms with Gasteiger partial charge in [0, 0.05) is 23.8 Å². The maximum atomic E-state index is 12.8. The molecule has 0 bridgehead atoms. The van der Waals surface area contributed by atoms with Crippen LogP contribution in [0, 0.1) is 6.92 Å². The van der Waals surface area contributed by atoms with Crippen LogP contribution < -0.4 is 19.8 Å². The van der Waals surface area contributed by atoms with Crippen LogP contribution in [-0.2, 0) is 9.59 Å². The summed E-state index contributed by atoms with van der Waals surface area (Å²) in [5.74, 6) is 0.877. The summed E-state index contributed by atoms with van der Waals surface area (Å²) >= 11 is 1.32. The minimum Gasteiger partial charge on any atom is -0.454 e. The number of aromatic nitrogens is 1. The van der Waals surface area contributed by atoms with Crippen molar-refractivity contribution in [3.63, 3.8) is 0 Å². The van der Waals surface area contributed by atoms with Gasteiger partial charge in [0.1, 0.15) is 5.71 Å². The molecule has 0 fully saturated rings. The number of amides is 2. The van der Waals surface area contributed by atoms with Crippen molar-refractivity contribution in [2.75, 3.05) is 17.1 Å². The van der Waals surface area contributed by atoms with Crippen molar-refractivity contribution in [2.45, 2.75) is 19.8 Å². The number of aryl methyl sites for hydroxylation is 1. The van der Waals surface area contributed by atoms with Crippen molar-refractivity contribution in [3.8, 4) is 22.8 Å². The van der Waals surface area contributed by atoms with Gasteiger partial charge in [-0.2, -0.15) is 5.10 Å². The number of carbonyl (C=O) groups excluding carboxylic acids is 2. The zero-order valence-corrected chi connectivity index (χ0v) is 17.4. The molecule has 0 saturated heterocycles. The van der Waals surface area contributed by atoms with Gasteiger partial charge in [-0.05, 0) is 42.8 Å². The van der Waals surface area contributed by atoms with Crippen molar-refractivity contribution < 1.29 is 19.1 Å². The first-order valence-electron chi connectivity index (χ1n) is 9.71. The summed E-state index contributed by atoms with van der Waals surface area (Å²) in [5.41, 5.74) is 3.54. The highest BCUT2D eigenvalue weighted by molar-refractivity contribution is 7.14. The van der Waals surface area contributed by atoms with Crippen LogP contribution in [0.2, 0.25) is 0 Å². The third-order valence-corrected chi connectivity index (χ3v) is 5.69. The molecule has 8 nitrogen and oxygen atoms in total. The van der Waals surface area contributed by atoms with E-state index >= 15 is 0 Å². The predicted octanol–water partition coefficient (Wildman–Crippen LogP) is 3.97. The molecule has 0 aliphatic carbocycles. The Balaban J connectivity index is 1.33. The van der Waals surface area contributed by atoms with Gasteiger partial charge in [-0.15, -0.1) is 11.3 Å². The van der Waals surface area contributed by atoms with Crippen molar-refractivity contribution >= 4 is 39.7 Å². The molecule has 156 valence electrons. The minimum atomic E-state index is -0.364. The van der Waals surface area contributed by atoms with Gasteiger partial charge in [-0.25, -0.2) is 9.99 Å². The molecule has 1 N–H and O–H groups in total. The lowest BCUT2D eigenvalue weighted by Gasteiger charge is -2.23. The number of nitrogens with zero attached hydrogens (tertiary/aromatic N) is 3. The summed E-state index contributed by atoms with van der Waals surface area (Å²) < 4.78 is 10.7. The van der Waals surface area contributed by atoms with Crippen molar-refractivity contribution in [1.29, 1.82) is 0 Å². The topological polar surface area (TPSA) is 93.1 Å². The van der Waals surface area contributed by atoms with Gasteiger partial charge in [0.05, 0.1) is 11.4 Å². The smallest absolute Gasteiger partial charge is 0.273 e. The standard InChI is InChI=1S/C22H18N4O4S/c1-13-3-2-4-15(9-13)26-20(27)8-6-16(25-26)21(28)24-22-23-17(11-31-22)14-5-7-18-19(10-14)30-12-29-18/h2-5,7,9-11H,6,8,12H2,1H3,(H,23,24,28). The van der Waals surface area contributed by atoms with E-state index < -0.39 is 0 Å². The Morgan fingerprint density at radius 3 is 2.87 bits per heavy atom. The number of hydrogen-bond donors (Lipinski definition) is 1. The number of carbonyl (C=O) groups is 2. The second-order valence-electron chi connectivity index (χ2n) is 7.15. The fourth-order valence-corrected chi connectivity index (χ4v) is 4.08. The molecular weight excluding hydrogens is 416 g/mol. The Kier molecular flexibility index (Phi) is 4.87. The second kappa shape index (κ2) is 7.84. The third kappa shape index (κ3) is 3.87. The first kappa shape index (κ1) is 19.3. The van der Waals surface area contributed by atoms with Gasteiger partial charge in [-0.3, -0.25) is 14.9 Å². The van der Waals surface area contributed by atoms with Gasteiger partial charge in [0.25, 0.3) is 5.91 Å². The van der Waals surface area contributed by atoms with E-state index in [1.54, 1.807) is 6.07 Å². The number of rotatable bonds is 4. The summed E-state index contributed by atoms with van der Waals surface area (Å²) in [7, 11) is 0. The molecule has 5 rings (SSSR count). The van der Waals surface area contributed by atoms with E-state index in [1.807, 2.05) is 48.7 Å². The first-order chi connectivity index (χ1) is 15.1. The third-order valence-electron chi connectivity index (χ3n) is 4.93. The lowest BCUT2D eigenvalue weighted by Crippen LogP contribution is -2.36. The zero-order chi connectivity index (χ0) is 21.4. The number of hydrogen-bond acceptors (Lipinski definition) is 7. The minimum absolute atomic E-state index is 0.138. The number of hydrazone groups is 1. The zero-order valence-electron chi connectivity index (χ0n) is 16.6. The normalized spacial score (nSPS) is 15.1. The highest BCUT2D eigenvalue weighted by atomic mass is 32.1. The van der Waals surface area contributed by atoms with Crippen LogP contribution in [-0.4, -0.2) is 29.3 Å². The summed E-state index contributed by atoms with van der Waals surface area (Å²) in [6.45, 7) is 2.15. The monoisotopic (exact) mass is 434 g/mol. The maximum Gasteiger partial charge on any atom is 0.273 e. The lowest BCUT2D eigenvalue weighted by molar-refractivity contribution is -0.118. The molecule has 0 unspecified atom stereocenters. The molecular formula is C22H18N4O4S. The van der Waals surface area contributed by atoms with E-state index in [-0.39, 0.29) is 31.4 Å². The van der Waals surface area contributed by atoms with Crippen LogP contribution in [0.4, 0.5) is 10.8 Å². The summed E-state index contributed by atoms with van der Waals surface area (Å²) in [6.07, 6.45) is 0.508. The van der Waals surface area contributed by atoms with E-state index in [0.717, 1.165) is 16.8 Å². The molecule has 2 aliphatic heterocycles. The maximum absolute atomic E-state index is 12.8. The largest absolute Gasteiger partial charge is 0.454 e. The van der Waals surface area contributed by atoms with Crippen LogP contribution in [0.5, 0.6) is 11.5 Å². The predicted molar refractivity (Wildman–Crippen MR) is 118 cm³/mol. The van der Waals surface area contributed by atoms with Gasteiger partial charge in [0.2, 0.25) is 12.7 Å². The molecule has 9 heteroatoms. The molecule has 0 atom stereocenters. The Hall–Kier alpha value is -3.72. The summed E-state index contributed by atoms with van der Waals surface area (Å²) in [5, 5.41) is 10.7. The highest BCUT2D eigenvalue weighted by Crippen LogP contribution is 2.36. The van der Waals surface area contributed by atoms with E-state index in [9.17, 15) is 9.59 Å². The van der Waals surface area contributed by atoms with Crippen LogP contribution >= 0.6 is 11.3 Å². The fraction of sp³-hybridized carbons (Fsp3) is 0.182. The van der Waals surface area contributed by atoms with Crippen LogP contribution in [0.3, 0.4) is 0 Å². The number of fused-ring (bicyclic) bond motifs is 1. The average Bonchev–Trinajstić information content (AvgIpc) is 3.43. The SMILES string of the molecule is Cc1cccc(N2N=C(C(=O)Nc3nc(-c4ccc5c(c4)OCO5)cs3)CCC2=O)c1. The quantitative estimate of drug-likeness (QED) is 0.671. The molecule has 3 heterocycles. The van der Waals surface area contributed by atoms with E-state index in [1.165, 1.54) is 16.3 Å². The fourth-order valence-electron chi connectivity index (χ4n) is 3.37. The number of thiazole rings is 1. The van der Waals surface area contributed by atoms with Gasteiger partial charge < -0.3 is 9.47 Å². The summed E-state index contributed by atoms with van der Waals surface area (Å²) in [6, 6.07) is 13.0. The summed E-state index contributed by atoms with van der Waals surface area (Å²) in [4.78, 5) is 29.6. The van der Waals surface area contributed by atoms with E-state index in [0.29, 0.717) is 28.0 Å². The average molecular weight is 434 g/mol. The van der Waals surface area contributed by atoms with Gasteiger partial charge >= 0.3 is 0 Å². The van der Waals surface area contributed by atoms with Gasteiger partial charge in [0.15, 0.2) is 16.6 Å². The number of ether oxygens (including phenoxy) is 2. The van der Waals surface area contributed by atoms with Crippen molar-refractivity contribution in [2.24, 2.45) is 5.10 Å². The number of benzene rings is 2. The van der Waals surface area contributed by atoms with Crippen LogP contribution in [0.15, 0.2) is 52.9 Å². The van der Waals surface area contributed by atoms with Crippen molar-refractivity contribution in [1.82, 2.24) is 4.98 Å².